The molecule has 0 atom stereocenters. The number of H-pyrrole nitrogens is 2. The molecule has 0 spiro atoms. The zero-order valence-corrected chi connectivity index (χ0v) is 18.4. The van der Waals surface area contributed by atoms with E-state index >= 15 is 0 Å². The zero-order valence-electron chi connectivity index (χ0n) is 18.4. The number of hydrogen-bond acceptors (Lipinski definition) is 3. The summed E-state index contributed by atoms with van der Waals surface area (Å²) in [5, 5.41) is 0. The molecule has 1 aliphatic rings. The molecule has 0 radical (unpaired) electrons. The fraction of sp³-hybridized carbons (Fsp3) is 0.185. The van der Waals surface area contributed by atoms with Crippen LogP contribution < -0.4 is 4.74 Å². The molecule has 0 amide bonds. The van der Waals surface area contributed by atoms with Crippen LogP contribution in [0, 0.1) is 6.92 Å². The molecular weight excluding hydrogens is 396 g/mol. The summed E-state index contributed by atoms with van der Waals surface area (Å²) in [7, 11) is 0. The normalized spacial score (nSPS) is 12.6. The average Bonchev–Trinajstić information content (AvgIpc) is 3.45. The molecule has 5 nitrogen and oxygen atoms in total. The first kappa shape index (κ1) is 18.9. The molecule has 32 heavy (non-hydrogen) atoms. The van der Waals surface area contributed by atoms with Gasteiger partial charge in [-0.2, -0.15) is 0 Å². The van der Waals surface area contributed by atoms with E-state index in [0.29, 0.717) is 12.5 Å². The van der Waals surface area contributed by atoms with Gasteiger partial charge >= 0.3 is 0 Å². The Bertz CT molecular complexity index is 1460. The Morgan fingerprint density at radius 1 is 0.875 bits per heavy atom. The number of aromatic nitrogens is 4. The first-order chi connectivity index (χ1) is 15.6. The van der Waals surface area contributed by atoms with E-state index in [9.17, 15) is 0 Å². The van der Waals surface area contributed by atoms with Crippen LogP contribution in [0.3, 0.4) is 0 Å². The molecule has 3 aromatic carbocycles. The second-order valence-electron chi connectivity index (χ2n) is 8.74. The van der Waals surface area contributed by atoms with Gasteiger partial charge in [-0.25, -0.2) is 9.97 Å². The van der Waals surface area contributed by atoms with E-state index in [4.69, 9.17) is 9.72 Å². The molecular formula is C27H24N4O. The van der Waals surface area contributed by atoms with Gasteiger partial charge in [0.2, 0.25) is 0 Å². The van der Waals surface area contributed by atoms with Gasteiger partial charge in [0, 0.05) is 11.5 Å². The molecule has 0 fully saturated rings. The molecule has 5 heteroatoms. The third kappa shape index (κ3) is 3.01. The predicted molar refractivity (Wildman–Crippen MR) is 128 cm³/mol. The Morgan fingerprint density at radius 2 is 1.62 bits per heavy atom. The molecule has 0 saturated carbocycles. The van der Waals surface area contributed by atoms with Gasteiger partial charge < -0.3 is 14.7 Å². The molecule has 158 valence electrons. The van der Waals surface area contributed by atoms with E-state index in [1.54, 1.807) is 0 Å². The quantitative estimate of drug-likeness (QED) is 0.345. The minimum Gasteiger partial charge on any atom is -0.486 e. The lowest BCUT2D eigenvalue weighted by atomic mass is 9.92. The summed E-state index contributed by atoms with van der Waals surface area (Å²) in [5.41, 5.74) is 10.0. The standard InChI is InChI=1S/C27H24N4O/c1-15(2)27-30-23-11-10-22-21-9-8-19(12-20(21)14-32-26(22)25(23)31-27)17-4-6-18(7-5-17)24-13-28-16(3)29-24/h4-13,15H,14H2,1-3H3,(H,28,29)(H,30,31). The second-order valence-corrected chi connectivity index (χ2v) is 8.74. The molecule has 0 bridgehead atoms. The minimum atomic E-state index is 0.347. The molecule has 2 aromatic heterocycles. The number of imidazole rings is 2. The third-order valence-corrected chi connectivity index (χ3v) is 6.17. The van der Waals surface area contributed by atoms with Crippen molar-refractivity contribution in [2.45, 2.75) is 33.3 Å². The lowest BCUT2D eigenvalue weighted by molar-refractivity contribution is 0.305. The summed E-state index contributed by atoms with van der Waals surface area (Å²) in [6.07, 6.45) is 1.87. The van der Waals surface area contributed by atoms with Crippen molar-refractivity contribution in [2.24, 2.45) is 0 Å². The van der Waals surface area contributed by atoms with Gasteiger partial charge in [0.15, 0.2) is 5.75 Å². The molecule has 1 aliphatic heterocycles. The van der Waals surface area contributed by atoms with Gasteiger partial charge in [-0.05, 0) is 52.9 Å². The fourth-order valence-corrected chi connectivity index (χ4v) is 4.42. The number of benzene rings is 3. The van der Waals surface area contributed by atoms with Gasteiger partial charge in [0.25, 0.3) is 0 Å². The van der Waals surface area contributed by atoms with Gasteiger partial charge in [-0.15, -0.1) is 0 Å². The van der Waals surface area contributed by atoms with E-state index in [2.05, 4.69) is 83.4 Å². The van der Waals surface area contributed by atoms with Crippen molar-refractivity contribution in [3.05, 3.63) is 78.0 Å². The second kappa shape index (κ2) is 7.09. The summed E-state index contributed by atoms with van der Waals surface area (Å²) in [5.74, 6) is 3.14. The fourth-order valence-electron chi connectivity index (χ4n) is 4.42. The van der Waals surface area contributed by atoms with Crippen LogP contribution in [-0.2, 0) is 6.61 Å². The predicted octanol–water partition coefficient (Wildman–Crippen LogP) is 6.61. The SMILES string of the molecule is Cc1ncc(-c2ccc(-c3ccc4c(c3)COc3c-4ccc4[nH]c(C(C)C)nc34)cc2)[nH]1. The number of nitrogens with zero attached hydrogens (tertiary/aromatic N) is 2. The van der Waals surface area contributed by atoms with Crippen LogP contribution in [0.2, 0.25) is 0 Å². The highest BCUT2D eigenvalue weighted by atomic mass is 16.5. The van der Waals surface area contributed by atoms with E-state index in [-0.39, 0.29) is 0 Å². The third-order valence-electron chi connectivity index (χ3n) is 6.17. The van der Waals surface area contributed by atoms with Crippen molar-refractivity contribution < 1.29 is 4.74 Å². The number of nitrogens with one attached hydrogen (secondary N) is 2. The van der Waals surface area contributed by atoms with Crippen molar-refractivity contribution in [1.82, 2.24) is 19.9 Å². The molecule has 6 rings (SSSR count). The lowest BCUT2D eigenvalue weighted by Gasteiger charge is -2.22. The molecule has 0 aliphatic carbocycles. The van der Waals surface area contributed by atoms with E-state index in [1.807, 2.05) is 13.1 Å². The summed E-state index contributed by atoms with van der Waals surface area (Å²) in [4.78, 5) is 15.8. The van der Waals surface area contributed by atoms with Gasteiger partial charge in [0.1, 0.15) is 23.8 Å². The Kier molecular flexibility index (Phi) is 4.18. The van der Waals surface area contributed by atoms with Crippen LogP contribution in [0.4, 0.5) is 0 Å². The summed E-state index contributed by atoms with van der Waals surface area (Å²) >= 11 is 0. The molecule has 2 N–H and O–H groups in total. The Balaban J connectivity index is 1.36. The summed E-state index contributed by atoms with van der Waals surface area (Å²) in [6.45, 7) is 6.80. The van der Waals surface area contributed by atoms with Crippen LogP contribution in [0.5, 0.6) is 5.75 Å². The Hall–Kier alpha value is -3.86. The Morgan fingerprint density at radius 3 is 2.38 bits per heavy atom. The number of aryl methyl sites for hydroxylation is 1. The smallest absolute Gasteiger partial charge is 0.155 e. The van der Waals surface area contributed by atoms with Gasteiger partial charge in [-0.3, -0.25) is 0 Å². The monoisotopic (exact) mass is 420 g/mol. The van der Waals surface area contributed by atoms with E-state index in [1.165, 1.54) is 22.3 Å². The van der Waals surface area contributed by atoms with Crippen molar-refractivity contribution in [1.29, 1.82) is 0 Å². The van der Waals surface area contributed by atoms with Gasteiger partial charge in [-0.1, -0.05) is 50.2 Å². The van der Waals surface area contributed by atoms with Crippen LogP contribution in [0.1, 0.15) is 37.0 Å². The zero-order chi connectivity index (χ0) is 21.8. The summed E-state index contributed by atoms with van der Waals surface area (Å²) < 4.78 is 6.23. The molecule has 3 heterocycles. The van der Waals surface area contributed by atoms with Gasteiger partial charge in [0.05, 0.1) is 17.4 Å². The van der Waals surface area contributed by atoms with E-state index < -0.39 is 0 Å². The minimum absolute atomic E-state index is 0.347. The number of aromatic amines is 2. The number of rotatable bonds is 3. The molecule has 0 saturated heterocycles. The topological polar surface area (TPSA) is 66.6 Å². The highest BCUT2D eigenvalue weighted by molar-refractivity contribution is 5.92. The van der Waals surface area contributed by atoms with Crippen molar-refractivity contribution in [3.63, 3.8) is 0 Å². The number of fused-ring (bicyclic) bond motifs is 5. The maximum absolute atomic E-state index is 6.23. The maximum Gasteiger partial charge on any atom is 0.155 e. The van der Waals surface area contributed by atoms with Crippen LogP contribution in [-0.4, -0.2) is 19.9 Å². The van der Waals surface area contributed by atoms with Crippen LogP contribution in [0.25, 0.3) is 44.5 Å². The summed E-state index contributed by atoms with van der Waals surface area (Å²) in [6, 6.07) is 19.5. The van der Waals surface area contributed by atoms with Crippen LogP contribution >= 0.6 is 0 Å². The van der Waals surface area contributed by atoms with Crippen LogP contribution in [0.15, 0.2) is 60.8 Å². The largest absolute Gasteiger partial charge is 0.486 e. The van der Waals surface area contributed by atoms with Crippen molar-refractivity contribution in [2.75, 3.05) is 0 Å². The highest BCUT2D eigenvalue weighted by Gasteiger charge is 2.22. The first-order valence-corrected chi connectivity index (χ1v) is 11.0. The maximum atomic E-state index is 6.23. The van der Waals surface area contributed by atoms with E-state index in [0.717, 1.165) is 45.3 Å². The number of hydrogen-bond donors (Lipinski definition) is 2. The van der Waals surface area contributed by atoms with Crippen molar-refractivity contribution >= 4 is 11.0 Å². The highest BCUT2D eigenvalue weighted by Crippen LogP contribution is 2.43. The lowest BCUT2D eigenvalue weighted by Crippen LogP contribution is -2.06. The Labute approximate surface area is 186 Å². The molecule has 5 aromatic rings. The first-order valence-electron chi connectivity index (χ1n) is 11.0. The molecule has 0 unspecified atom stereocenters. The van der Waals surface area contributed by atoms with Crippen molar-refractivity contribution in [3.8, 4) is 39.3 Å². The number of ether oxygens (including phenoxy) is 1. The average molecular weight is 421 g/mol.